The van der Waals surface area contributed by atoms with Crippen molar-refractivity contribution in [3.05, 3.63) is 23.8 Å². The molecule has 0 aliphatic carbocycles. The van der Waals surface area contributed by atoms with Crippen LogP contribution in [0.5, 0.6) is 11.5 Å². The standard InChI is InChI=1S/C14H18N2O3/c1-10(8-9-15)16(2)14(17)11-6-5-7-12(18-3)13(11)19-4/h5-7,10H,8H2,1-4H3. The zero-order valence-electron chi connectivity index (χ0n) is 11.6. The molecule has 5 heteroatoms. The van der Waals surface area contributed by atoms with Gasteiger partial charge in [-0.05, 0) is 19.1 Å². The molecule has 0 N–H and O–H groups in total. The van der Waals surface area contributed by atoms with Gasteiger partial charge in [-0.1, -0.05) is 6.07 Å². The Balaban J connectivity index is 3.09. The van der Waals surface area contributed by atoms with Crippen LogP contribution in [0, 0.1) is 11.3 Å². The molecule has 0 aliphatic rings. The molecule has 1 rings (SSSR count). The Bertz CT molecular complexity index is 494. The van der Waals surface area contributed by atoms with Gasteiger partial charge in [0.2, 0.25) is 0 Å². The van der Waals surface area contributed by atoms with E-state index >= 15 is 0 Å². The van der Waals surface area contributed by atoms with E-state index in [0.717, 1.165) is 0 Å². The van der Waals surface area contributed by atoms with E-state index in [1.807, 2.05) is 6.92 Å². The Hall–Kier alpha value is -2.22. The maximum absolute atomic E-state index is 12.4. The molecular weight excluding hydrogens is 244 g/mol. The van der Waals surface area contributed by atoms with Gasteiger partial charge in [0, 0.05) is 13.1 Å². The number of nitrogens with zero attached hydrogens (tertiary/aromatic N) is 2. The normalized spacial score (nSPS) is 11.3. The second-order valence-electron chi connectivity index (χ2n) is 4.17. The lowest BCUT2D eigenvalue weighted by Crippen LogP contribution is -2.35. The van der Waals surface area contributed by atoms with Crippen LogP contribution in [0.15, 0.2) is 18.2 Å². The van der Waals surface area contributed by atoms with Gasteiger partial charge >= 0.3 is 0 Å². The van der Waals surface area contributed by atoms with Gasteiger partial charge in [0.25, 0.3) is 5.91 Å². The molecule has 1 amide bonds. The van der Waals surface area contributed by atoms with Crippen LogP contribution in [0.25, 0.3) is 0 Å². The average molecular weight is 262 g/mol. The number of amides is 1. The van der Waals surface area contributed by atoms with Gasteiger partial charge in [-0.2, -0.15) is 5.26 Å². The molecule has 0 heterocycles. The molecule has 0 bridgehead atoms. The highest BCUT2D eigenvalue weighted by Crippen LogP contribution is 2.31. The Kier molecular flexibility index (Phi) is 5.19. The lowest BCUT2D eigenvalue weighted by molar-refractivity contribution is 0.0742. The Morgan fingerprint density at radius 3 is 2.63 bits per heavy atom. The van der Waals surface area contributed by atoms with Gasteiger partial charge in [-0.3, -0.25) is 4.79 Å². The summed E-state index contributed by atoms with van der Waals surface area (Å²) in [4.78, 5) is 13.9. The maximum atomic E-state index is 12.4. The summed E-state index contributed by atoms with van der Waals surface area (Å²) in [5.74, 6) is 0.721. The second-order valence-corrected chi connectivity index (χ2v) is 4.17. The average Bonchev–Trinajstić information content (AvgIpc) is 2.44. The van der Waals surface area contributed by atoms with E-state index in [4.69, 9.17) is 14.7 Å². The number of rotatable bonds is 5. The first-order chi connectivity index (χ1) is 9.06. The molecule has 0 fully saturated rings. The van der Waals surface area contributed by atoms with Crippen molar-refractivity contribution in [3.63, 3.8) is 0 Å². The van der Waals surface area contributed by atoms with E-state index in [1.165, 1.54) is 19.1 Å². The monoisotopic (exact) mass is 262 g/mol. The minimum Gasteiger partial charge on any atom is -0.493 e. The summed E-state index contributed by atoms with van der Waals surface area (Å²) in [6, 6.07) is 7.04. The highest BCUT2D eigenvalue weighted by atomic mass is 16.5. The van der Waals surface area contributed by atoms with Crippen molar-refractivity contribution in [2.45, 2.75) is 19.4 Å². The van der Waals surface area contributed by atoms with E-state index in [1.54, 1.807) is 25.2 Å². The van der Waals surface area contributed by atoms with E-state index in [9.17, 15) is 4.79 Å². The van der Waals surface area contributed by atoms with Gasteiger partial charge in [0.15, 0.2) is 11.5 Å². The molecule has 0 spiro atoms. The van der Waals surface area contributed by atoms with E-state index in [0.29, 0.717) is 17.1 Å². The van der Waals surface area contributed by atoms with E-state index in [-0.39, 0.29) is 18.4 Å². The second kappa shape index (κ2) is 6.64. The maximum Gasteiger partial charge on any atom is 0.257 e. The molecule has 1 unspecified atom stereocenters. The van der Waals surface area contributed by atoms with Gasteiger partial charge in [0.05, 0.1) is 32.3 Å². The van der Waals surface area contributed by atoms with E-state index < -0.39 is 0 Å². The molecule has 0 saturated heterocycles. The molecule has 5 nitrogen and oxygen atoms in total. The molecular formula is C14H18N2O3. The number of para-hydroxylation sites is 1. The van der Waals surface area contributed by atoms with Gasteiger partial charge in [-0.25, -0.2) is 0 Å². The van der Waals surface area contributed by atoms with Gasteiger partial charge in [-0.15, -0.1) is 0 Å². The minimum absolute atomic E-state index is 0.159. The third-order valence-corrected chi connectivity index (χ3v) is 3.00. The fraction of sp³-hybridized carbons (Fsp3) is 0.429. The van der Waals surface area contributed by atoms with Crippen LogP contribution in [-0.2, 0) is 0 Å². The highest BCUT2D eigenvalue weighted by molar-refractivity contribution is 5.97. The summed E-state index contributed by atoms with van der Waals surface area (Å²) in [5, 5.41) is 8.69. The lowest BCUT2D eigenvalue weighted by atomic mass is 10.1. The largest absolute Gasteiger partial charge is 0.493 e. The molecule has 0 saturated carbocycles. The van der Waals surface area contributed by atoms with E-state index in [2.05, 4.69) is 6.07 Å². The first-order valence-electron chi connectivity index (χ1n) is 5.91. The number of ether oxygens (including phenoxy) is 2. The molecule has 102 valence electrons. The number of hydrogen-bond acceptors (Lipinski definition) is 4. The van der Waals surface area contributed by atoms with Gasteiger partial charge < -0.3 is 14.4 Å². The van der Waals surface area contributed by atoms with Crippen molar-refractivity contribution in [2.24, 2.45) is 0 Å². The quantitative estimate of drug-likeness (QED) is 0.815. The van der Waals surface area contributed by atoms with Crippen LogP contribution < -0.4 is 9.47 Å². The fourth-order valence-corrected chi connectivity index (χ4v) is 1.71. The smallest absolute Gasteiger partial charge is 0.257 e. The van der Waals surface area contributed by atoms with Crippen molar-refractivity contribution < 1.29 is 14.3 Å². The van der Waals surface area contributed by atoms with Crippen LogP contribution in [0.4, 0.5) is 0 Å². The predicted molar refractivity (Wildman–Crippen MR) is 71.3 cm³/mol. The molecule has 1 aromatic rings. The van der Waals surface area contributed by atoms with Crippen LogP contribution in [-0.4, -0.2) is 38.1 Å². The highest BCUT2D eigenvalue weighted by Gasteiger charge is 2.22. The van der Waals surface area contributed by atoms with Crippen molar-refractivity contribution in [2.75, 3.05) is 21.3 Å². The summed E-state index contributed by atoms with van der Waals surface area (Å²) < 4.78 is 10.4. The van der Waals surface area contributed by atoms with Crippen molar-refractivity contribution in [1.82, 2.24) is 4.90 Å². The molecule has 1 aromatic carbocycles. The summed E-state index contributed by atoms with van der Waals surface area (Å²) in [6.07, 6.45) is 0.286. The lowest BCUT2D eigenvalue weighted by Gasteiger charge is -2.24. The van der Waals surface area contributed by atoms with Crippen LogP contribution in [0.3, 0.4) is 0 Å². The molecule has 0 aromatic heterocycles. The van der Waals surface area contributed by atoms with Crippen LogP contribution in [0.1, 0.15) is 23.7 Å². The Morgan fingerprint density at radius 2 is 2.11 bits per heavy atom. The third-order valence-electron chi connectivity index (χ3n) is 3.00. The minimum atomic E-state index is -0.196. The number of carbonyl (C=O) groups excluding carboxylic acids is 1. The number of nitriles is 1. The fourth-order valence-electron chi connectivity index (χ4n) is 1.71. The van der Waals surface area contributed by atoms with Crippen molar-refractivity contribution in [3.8, 4) is 17.6 Å². The van der Waals surface area contributed by atoms with Crippen molar-refractivity contribution in [1.29, 1.82) is 5.26 Å². The first kappa shape index (κ1) is 14.8. The topological polar surface area (TPSA) is 62.6 Å². The third kappa shape index (κ3) is 3.16. The Morgan fingerprint density at radius 1 is 1.42 bits per heavy atom. The SMILES string of the molecule is COc1cccc(C(=O)N(C)C(C)CC#N)c1OC. The summed E-state index contributed by atoms with van der Waals surface area (Å²) in [6.45, 7) is 1.83. The zero-order chi connectivity index (χ0) is 14.4. The first-order valence-corrected chi connectivity index (χ1v) is 5.91. The molecule has 0 aliphatic heterocycles. The summed E-state index contributed by atoms with van der Waals surface area (Å²) >= 11 is 0. The van der Waals surface area contributed by atoms with Crippen molar-refractivity contribution >= 4 is 5.91 Å². The zero-order valence-corrected chi connectivity index (χ0v) is 11.6. The number of methoxy groups -OCH3 is 2. The summed E-state index contributed by atoms with van der Waals surface area (Å²) in [5.41, 5.74) is 0.425. The molecule has 19 heavy (non-hydrogen) atoms. The molecule has 1 atom stereocenters. The number of hydrogen-bond donors (Lipinski definition) is 0. The number of carbonyl (C=O) groups is 1. The van der Waals surface area contributed by atoms with Crippen LogP contribution in [0.2, 0.25) is 0 Å². The van der Waals surface area contributed by atoms with Gasteiger partial charge in [0.1, 0.15) is 0 Å². The number of benzene rings is 1. The predicted octanol–water partition coefficient (Wildman–Crippen LogP) is 2.08. The molecule has 0 radical (unpaired) electrons. The Labute approximate surface area is 113 Å². The van der Waals surface area contributed by atoms with Crippen LogP contribution >= 0.6 is 0 Å². The summed E-state index contributed by atoms with van der Waals surface area (Å²) in [7, 11) is 4.69.